The van der Waals surface area contributed by atoms with E-state index in [1.165, 1.54) is 7.11 Å². The number of aryl methyl sites for hydroxylation is 1. The molecule has 1 aliphatic rings. The Kier molecular flexibility index (Phi) is 12.1. The zero-order valence-electron chi connectivity index (χ0n) is 18.2. The van der Waals surface area contributed by atoms with Crippen molar-refractivity contribution in [2.45, 2.75) is 30.6 Å². The second-order valence-electron chi connectivity index (χ2n) is 7.62. The van der Waals surface area contributed by atoms with Crippen molar-refractivity contribution in [3.63, 3.8) is 0 Å². The highest BCUT2D eigenvalue weighted by molar-refractivity contribution is 7.89. The van der Waals surface area contributed by atoms with Crippen LogP contribution in [0.1, 0.15) is 24.8 Å². The molecule has 32 heavy (non-hydrogen) atoms. The molecule has 0 spiro atoms. The van der Waals surface area contributed by atoms with E-state index < -0.39 is 10.0 Å². The van der Waals surface area contributed by atoms with Crippen LogP contribution in [0.25, 0.3) is 0 Å². The lowest BCUT2D eigenvalue weighted by atomic mass is 10.1. The maximum absolute atomic E-state index is 11.7. The minimum Gasteiger partial charge on any atom is -0.495 e. The summed E-state index contributed by atoms with van der Waals surface area (Å²) in [5, 5.41) is 6.11. The number of rotatable bonds is 9. The van der Waals surface area contributed by atoms with Crippen molar-refractivity contribution in [3.8, 4) is 5.75 Å². The number of halogens is 3. The first-order valence-electron chi connectivity index (χ1n) is 10.3. The van der Waals surface area contributed by atoms with Gasteiger partial charge in [0.1, 0.15) is 10.6 Å². The third-order valence-corrected chi connectivity index (χ3v) is 6.79. The predicted molar refractivity (Wildman–Crippen MR) is 137 cm³/mol. The molecule has 0 amide bonds. The van der Waals surface area contributed by atoms with Crippen molar-refractivity contribution in [3.05, 3.63) is 53.1 Å². The first-order chi connectivity index (χ1) is 14.4. The molecule has 0 atom stereocenters. The molecule has 1 saturated heterocycles. The largest absolute Gasteiger partial charge is 0.495 e. The topological polar surface area (TPSA) is 75.9 Å². The molecular weight excluding hydrogens is 493 g/mol. The minimum absolute atomic E-state index is 0. The molecule has 0 saturated carbocycles. The molecule has 180 valence electrons. The van der Waals surface area contributed by atoms with E-state index in [0.29, 0.717) is 0 Å². The summed E-state index contributed by atoms with van der Waals surface area (Å²) in [5.74, 6) is 0.289. The standard InChI is InChI=1S/C22H30ClN3O3S.2ClH/c1-29-21-11-10-18(17-22(21)30(24,27)28)7-3-2-6-12-25-13-15-26(16-14-25)20-9-5-4-8-19(20)23;;/h4-5,8-11,17H,2-3,6-7,12-16H2,1H3,(H2,24,27,28);2*1H. The first-order valence-corrected chi connectivity index (χ1v) is 12.2. The quantitative estimate of drug-likeness (QED) is 0.493. The summed E-state index contributed by atoms with van der Waals surface area (Å²) in [7, 11) is -2.35. The smallest absolute Gasteiger partial charge is 0.241 e. The molecule has 1 fully saturated rings. The zero-order valence-corrected chi connectivity index (χ0v) is 21.4. The van der Waals surface area contributed by atoms with Crippen molar-refractivity contribution in [1.82, 2.24) is 4.90 Å². The second kappa shape index (κ2) is 13.5. The summed E-state index contributed by atoms with van der Waals surface area (Å²) in [5.41, 5.74) is 2.09. The lowest BCUT2D eigenvalue weighted by molar-refractivity contribution is 0.252. The van der Waals surface area contributed by atoms with Crippen molar-refractivity contribution in [2.75, 3.05) is 44.7 Å². The van der Waals surface area contributed by atoms with Gasteiger partial charge in [0.2, 0.25) is 10.0 Å². The van der Waals surface area contributed by atoms with Crippen LogP contribution in [0, 0.1) is 0 Å². The highest BCUT2D eigenvalue weighted by Gasteiger charge is 2.18. The lowest BCUT2D eigenvalue weighted by Crippen LogP contribution is -2.46. The monoisotopic (exact) mass is 523 g/mol. The van der Waals surface area contributed by atoms with E-state index in [1.54, 1.807) is 12.1 Å². The number of ether oxygens (including phenoxy) is 1. The molecule has 3 rings (SSSR count). The van der Waals surface area contributed by atoms with E-state index in [-0.39, 0.29) is 35.5 Å². The Hall–Kier alpha value is -1.22. The fourth-order valence-electron chi connectivity index (χ4n) is 3.86. The summed E-state index contributed by atoms with van der Waals surface area (Å²) >= 11 is 6.31. The summed E-state index contributed by atoms with van der Waals surface area (Å²) in [4.78, 5) is 4.91. The van der Waals surface area contributed by atoms with E-state index in [1.807, 2.05) is 24.3 Å². The van der Waals surface area contributed by atoms with E-state index >= 15 is 0 Å². The number of benzene rings is 2. The normalized spacial score (nSPS) is 14.4. The van der Waals surface area contributed by atoms with Crippen LogP contribution in [-0.2, 0) is 16.4 Å². The average Bonchev–Trinajstić information content (AvgIpc) is 2.74. The third-order valence-electron chi connectivity index (χ3n) is 5.54. The van der Waals surface area contributed by atoms with E-state index in [2.05, 4.69) is 15.9 Å². The Balaban J connectivity index is 0.00000256. The fraction of sp³-hybridized carbons (Fsp3) is 0.455. The summed E-state index contributed by atoms with van der Waals surface area (Å²) < 4.78 is 28.6. The molecule has 10 heteroatoms. The molecule has 2 N–H and O–H groups in total. The first kappa shape index (κ1) is 28.8. The van der Waals surface area contributed by atoms with Gasteiger partial charge in [0.25, 0.3) is 0 Å². The number of hydrogen-bond acceptors (Lipinski definition) is 5. The van der Waals surface area contributed by atoms with Crippen molar-refractivity contribution >= 4 is 52.1 Å². The van der Waals surface area contributed by atoms with Crippen LogP contribution in [0.15, 0.2) is 47.4 Å². The van der Waals surface area contributed by atoms with Crippen LogP contribution in [0.3, 0.4) is 0 Å². The average molecular weight is 525 g/mol. The Bertz CT molecular complexity index is 952. The minimum atomic E-state index is -3.79. The van der Waals surface area contributed by atoms with Crippen LogP contribution >= 0.6 is 36.4 Å². The fourth-order valence-corrected chi connectivity index (χ4v) is 4.86. The molecule has 1 heterocycles. The van der Waals surface area contributed by atoms with Gasteiger partial charge in [-0.2, -0.15) is 0 Å². The Morgan fingerprint density at radius 1 is 1.00 bits per heavy atom. The summed E-state index contributed by atoms with van der Waals surface area (Å²) in [6, 6.07) is 13.2. The highest BCUT2D eigenvalue weighted by atomic mass is 35.5. The van der Waals surface area contributed by atoms with Crippen molar-refractivity contribution in [2.24, 2.45) is 5.14 Å². The van der Waals surface area contributed by atoms with Crippen LogP contribution in [-0.4, -0.2) is 53.2 Å². The number of nitrogens with zero attached hydrogens (tertiary/aromatic N) is 2. The van der Waals surface area contributed by atoms with Gasteiger partial charge in [-0.3, -0.25) is 4.90 Å². The van der Waals surface area contributed by atoms with Gasteiger partial charge in [-0.05, 0) is 55.6 Å². The molecule has 2 aromatic rings. The maximum atomic E-state index is 11.7. The second-order valence-corrected chi connectivity index (χ2v) is 9.56. The van der Waals surface area contributed by atoms with Gasteiger partial charge in [0, 0.05) is 26.2 Å². The predicted octanol–water partition coefficient (Wildman–Crippen LogP) is 4.37. The molecule has 6 nitrogen and oxygen atoms in total. The Labute approximate surface area is 208 Å². The Morgan fingerprint density at radius 2 is 1.69 bits per heavy atom. The van der Waals surface area contributed by atoms with Crippen LogP contribution < -0.4 is 14.8 Å². The van der Waals surface area contributed by atoms with Gasteiger partial charge in [-0.25, -0.2) is 13.6 Å². The number of para-hydroxylation sites is 1. The van der Waals surface area contributed by atoms with E-state index in [9.17, 15) is 8.42 Å². The number of piperazine rings is 1. The molecule has 0 bridgehead atoms. The van der Waals surface area contributed by atoms with Crippen molar-refractivity contribution in [1.29, 1.82) is 0 Å². The summed E-state index contributed by atoms with van der Waals surface area (Å²) in [6.45, 7) is 5.15. The van der Waals surface area contributed by atoms with Crippen LogP contribution in [0.5, 0.6) is 5.75 Å². The van der Waals surface area contributed by atoms with Gasteiger partial charge < -0.3 is 9.64 Å². The van der Waals surface area contributed by atoms with Gasteiger partial charge in [0.05, 0.1) is 17.8 Å². The van der Waals surface area contributed by atoms with Gasteiger partial charge >= 0.3 is 0 Å². The van der Waals surface area contributed by atoms with E-state index in [0.717, 1.165) is 74.7 Å². The van der Waals surface area contributed by atoms with Crippen molar-refractivity contribution < 1.29 is 13.2 Å². The molecule has 0 unspecified atom stereocenters. The SMILES string of the molecule is COc1ccc(CCCCCN2CCN(c3ccccc3Cl)CC2)cc1S(N)(=O)=O.Cl.Cl. The molecule has 0 aromatic heterocycles. The molecule has 0 aliphatic carbocycles. The third kappa shape index (κ3) is 7.97. The number of nitrogens with two attached hydrogens (primary N) is 1. The van der Waals surface area contributed by atoms with Gasteiger partial charge in [0.15, 0.2) is 0 Å². The van der Waals surface area contributed by atoms with Gasteiger partial charge in [-0.15, -0.1) is 24.8 Å². The van der Waals surface area contributed by atoms with Crippen LogP contribution in [0.4, 0.5) is 5.69 Å². The highest BCUT2D eigenvalue weighted by Crippen LogP contribution is 2.26. The number of unbranched alkanes of at least 4 members (excludes halogenated alkanes) is 2. The number of methoxy groups -OCH3 is 1. The van der Waals surface area contributed by atoms with Crippen LogP contribution in [0.2, 0.25) is 5.02 Å². The van der Waals surface area contributed by atoms with E-state index in [4.69, 9.17) is 21.5 Å². The molecule has 0 radical (unpaired) electrons. The number of hydrogen-bond donors (Lipinski definition) is 1. The number of primary sulfonamides is 1. The number of anilines is 1. The Morgan fingerprint density at radius 3 is 2.31 bits per heavy atom. The molecule has 2 aromatic carbocycles. The maximum Gasteiger partial charge on any atom is 0.241 e. The zero-order chi connectivity index (χ0) is 21.6. The molecule has 1 aliphatic heterocycles. The summed E-state index contributed by atoms with van der Waals surface area (Å²) in [6.07, 6.45) is 4.06. The molecular formula is C22H32Cl3N3O3S. The number of sulfonamides is 1. The lowest BCUT2D eigenvalue weighted by Gasteiger charge is -2.36. The van der Waals surface area contributed by atoms with Gasteiger partial charge in [-0.1, -0.05) is 36.2 Å².